The predicted octanol–water partition coefficient (Wildman–Crippen LogP) is 5.18. The van der Waals surface area contributed by atoms with Gasteiger partial charge in [-0.3, -0.25) is 0 Å². The summed E-state index contributed by atoms with van der Waals surface area (Å²) in [6, 6.07) is 8.74. The molecule has 1 atom stereocenters. The fourth-order valence-corrected chi connectivity index (χ4v) is 3.78. The van der Waals surface area contributed by atoms with Gasteiger partial charge in [0.1, 0.15) is 0 Å². The van der Waals surface area contributed by atoms with Crippen LogP contribution in [0.1, 0.15) is 44.2 Å². The van der Waals surface area contributed by atoms with Crippen molar-refractivity contribution in [2.75, 3.05) is 0 Å². The van der Waals surface area contributed by atoms with Crippen molar-refractivity contribution in [3.63, 3.8) is 0 Å². The summed E-state index contributed by atoms with van der Waals surface area (Å²) >= 11 is 4.79. The Balaban J connectivity index is 2.27. The quantitative estimate of drug-likeness (QED) is 0.607. The van der Waals surface area contributed by atoms with E-state index in [2.05, 4.69) is 50.3 Å². The topological polar surface area (TPSA) is 0 Å². The van der Waals surface area contributed by atoms with Crippen molar-refractivity contribution in [1.29, 1.82) is 0 Å². The van der Waals surface area contributed by atoms with E-state index in [4.69, 9.17) is 12.6 Å². The molecule has 1 unspecified atom stereocenters. The van der Waals surface area contributed by atoms with Gasteiger partial charge in [0, 0.05) is 0 Å². The van der Waals surface area contributed by atoms with E-state index >= 15 is 0 Å². The first-order valence-corrected chi connectivity index (χ1v) is 7.25. The Morgan fingerprint density at radius 2 is 2.00 bits per heavy atom. The van der Waals surface area contributed by atoms with Crippen LogP contribution < -0.4 is 0 Å². The van der Waals surface area contributed by atoms with Crippen LogP contribution in [0.5, 0.6) is 0 Å². The van der Waals surface area contributed by atoms with Crippen molar-refractivity contribution >= 4 is 24.3 Å². The first kappa shape index (κ1) is 12.1. The first-order valence-electron chi connectivity index (χ1n) is 6.80. The molecule has 0 bridgehead atoms. The highest BCUT2D eigenvalue weighted by Gasteiger charge is 2.35. The lowest BCUT2D eigenvalue weighted by atomic mass is 9.69. The monoisotopic (exact) mass is 256 g/mol. The molecule has 0 aromatic heterocycles. The molecule has 0 fully saturated rings. The van der Waals surface area contributed by atoms with Gasteiger partial charge < -0.3 is 0 Å². The molecule has 0 saturated carbocycles. The Kier molecular flexibility index (Phi) is 2.90. The summed E-state index contributed by atoms with van der Waals surface area (Å²) in [5.41, 5.74) is 4.46. The Morgan fingerprint density at radius 3 is 2.83 bits per heavy atom. The van der Waals surface area contributed by atoms with Crippen LogP contribution in [0, 0.1) is 11.3 Å². The van der Waals surface area contributed by atoms with E-state index < -0.39 is 0 Å². The van der Waals surface area contributed by atoms with Crippen LogP contribution >= 0.6 is 12.6 Å². The lowest BCUT2D eigenvalue weighted by molar-refractivity contribution is 0.324. The van der Waals surface area contributed by atoms with Gasteiger partial charge in [-0.1, -0.05) is 50.3 Å². The third kappa shape index (κ3) is 1.85. The fourth-order valence-electron chi connectivity index (χ4n) is 3.35. The summed E-state index contributed by atoms with van der Waals surface area (Å²) in [5, 5.41) is 0. The predicted molar refractivity (Wildman–Crippen MR) is 82.5 cm³/mol. The zero-order valence-corrected chi connectivity index (χ0v) is 12.0. The Labute approximate surface area is 115 Å². The average molecular weight is 256 g/mol. The molecule has 1 aromatic rings. The van der Waals surface area contributed by atoms with E-state index in [1.54, 1.807) is 0 Å². The zero-order chi connectivity index (χ0) is 12.8. The summed E-state index contributed by atoms with van der Waals surface area (Å²) in [6.45, 7) is 4.71. The van der Waals surface area contributed by atoms with E-state index in [1.807, 2.05) is 0 Å². The van der Waals surface area contributed by atoms with Gasteiger partial charge in [0.15, 0.2) is 0 Å². The van der Waals surface area contributed by atoms with Crippen LogP contribution in [0.2, 0.25) is 0 Å². The minimum absolute atomic E-state index is 0.225. The maximum absolute atomic E-state index is 4.79. The largest absolute Gasteiger partial charge is 0.148 e. The molecule has 0 spiro atoms. The minimum Gasteiger partial charge on any atom is -0.148 e. The van der Waals surface area contributed by atoms with Crippen LogP contribution in [0.15, 0.2) is 35.2 Å². The number of hydrogen-bond acceptors (Lipinski definition) is 1. The number of rotatable bonds is 0. The molecule has 3 rings (SSSR count). The smallest absolute Gasteiger partial charge is 0.00619 e. The summed E-state index contributed by atoms with van der Waals surface area (Å²) in [7, 11) is 0. The molecule has 1 heteroatoms. The molecule has 0 amide bonds. The van der Waals surface area contributed by atoms with Crippen molar-refractivity contribution in [3.8, 4) is 0 Å². The number of hydrogen-bond donors (Lipinski definition) is 1. The molecule has 1 aromatic carbocycles. The third-order valence-electron chi connectivity index (χ3n) is 4.41. The molecule has 0 nitrogen and oxygen atoms in total. The van der Waals surface area contributed by atoms with Gasteiger partial charge in [-0.25, -0.2) is 0 Å². The van der Waals surface area contributed by atoms with Crippen LogP contribution in [0.25, 0.3) is 11.6 Å². The van der Waals surface area contributed by atoms with Gasteiger partial charge in [0.2, 0.25) is 0 Å². The second-order valence-electron chi connectivity index (χ2n) is 6.05. The molecule has 0 saturated heterocycles. The van der Waals surface area contributed by atoms with Crippen molar-refractivity contribution in [2.45, 2.75) is 33.1 Å². The second kappa shape index (κ2) is 4.31. The van der Waals surface area contributed by atoms with Gasteiger partial charge in [0.25, 0.3) is 0 Å². The summed E-state index contributed by atoms with van der Waals surface area (Å²) in [6.07, 6.45) is 8.37. The SMILES string of the molecule is CC1(C)C=Cc2ccccc2C2=C(S)CCCC21. The lowest BCUT2D eigenvalue weighted by Crippen LogP contribution is -2.25. The molecule has 18 heavy (non-hydrogen) atoms. The standard InChI is InChI=1S/C17H20S/c1-17(2)11-10-12-6-3-4-7-13(12)16-14(17)8-5-9-15(16)18/h3-4,6-7,10-11,14,18H,5,8-9H2,1-2H3. The van der Waals surface area contributed by atoms with Crippen molar-refractivity contribution in [1.82, 2.24) is 0 Å². The van der Waals surface area contributed by atoms with Gasteiger partial charge in [-0.05, 0) is 52.2 Å². The summed E-state index contributed by atoms with van der Waals surface area (Å²) < 4.78 is 0. The molecule has 2 aliphatic carbocycles. The van der Waals surface area contributed by atoms with E-state index in [-0.39, 0.29) is 5.41 Å². The highest BCUT2D eigenvalue weighted by atomic mass is 32.1. The molecule has 2 aliphatic rings. The molecule has 0 radical (unpaired) electrons. The lowest BCUT2D eigenvalue weighted by Gasteiger charge is -2.36. The Bertz CT molecular complexity index is 534. The Hall–Kier alpha value is -0.950. The van der Waals surface area contributed by atoms with Gasteiger partial charge in [-0.15, -0.1) is 12.6 Å². The number of fused-ring (bicyclic) bond motifs is 3. The van der Waals surface area contributed by atoms with Gasteiger partial charge in [-0.2, -0.15) is 0 Å². The molecule has 0 N–H and O–H groups in total. The van der Waals surface area contributed by atoms with Crippen LogP contribution in [-0.4, -0.2) is 0 Å². The number of benzene rings is 1. The first-order chi connectivity index (χ1) is 8.59. The molecular formula is C17H20S. The van der Waals surface area contributed by atoms with Crippen LogP contribution in [0.3, 0.4) is 0 Å². The normalized spacial score (nSPS) is 25.4. The molecule has 94 valence electrons. The highest BCUT2D eigenvalue weighted by molar-refractivity contribution is 7.84. The number of allylic oxidation sites excluding steroid dienone is 3. The van der Waals surface area contributed by atoms with E-state index in [1.165, 1.54) is 34.4 Å². The van der Waals surface area contributed by atoms with Crippen LogP contribution in [-0.2, 0) is 0 Å². The van der Waals surface area contributed by atoms with E-state index in [9.17, 15) is 0 Å². The van der Waals surface area contributed by atoms with Crippen molar-refractivity contribution in [3.05, 3.63) is 46.4 Å². The zero-order valence-electron chi connectivity index (χ0n) is 11.1. The van der Waals surface area contributed by atoms with E-state index in [0.29, 0.717) is 5.92 Å². The van der Waals surface area contributed by atoms with Crippen molar-refractivity contribution in [2.24, 2.45) is 11.3 Å². The Morgan fingerprint density at radius 1 is 1.22 bits per heavy atom. The minimum atomic E-state index is 0.225. The van der Waals surface area contributed by atoms with E-state index in [0.717, 1.165) is 6.42 Å². The number of thiol groups is 1. The summed E-state index contributed by atoms with van der Waals surface area (Å²) in [5.74, 6) is 0.610. The van der Waals surface area contributed by atoms with Crippen molar-refractivity contribution < 1.29 is 0 Å². The highest BCUT2D eigenvalue weighted by Crippen LogP contribution is 2.50. The van der Waals surface area contributed by atoms with Gasteiger partial charge in [0.05, 0.1) is 0 Å². The maximum atomic E-state index is 4.79. The third-order valence-corrected chi connectivity index (χ3v) is 4.87. The maximum Gasteiger partial charge on any atom is -0.00619 e. The second-order valence-corrected chi connectivity index (χ2v) is 6.59. The molecule has 0 heterocycles. The average Bonchev–Trinajstić information content (AvgIpc) is 2.47. The summed E-state index contributed by atoms with van der Waals surface area (Å²) in [4.78, 5) is 1.30. The molecule has 0 aliphatic heterocycles. The fraction of sp³-hybridized carbons (Fsp3) is 0.412. The molecular weight excluding hydrogens is 236 g/mol. The van der Waals surface area contributed by atoms with Gasteiger partial charge >= 0.3 is 0 Å². The van der Waals surface area contributed by atoms with Crippen LogP contribution in [0.4, 0.5) is 0 Å².